The number of nitrogens with one attached hydrogen (secondary N) is 1. The van der Waals surface area contributed by atoms with E-state index >= 15 is 0 Å². The van der Waals surface area contributed by atoms with E-state index in [1.807, 2.05) is 9.80 Å². The summed E-state index contributed by atoms with van der Waals surface area (Å²) in [7, 11) is 0. The lowest BCUT2D eigenvalue weighted by Gasteiger charge is -2.37. The van der Waals surface area contributed by atoms with E-state index in [0.717, 1.165) is 57.3 Å². The van der Waals surface area contributed by atoms with Gasteiger partial charge in [-0.05, 0) is 56.3 Å². The fourth-order valence-electron chi connectivity index (χ4n) is 4.37. The van der Waals surface area contributed by atoms with E-state index in [9.17, 15) is 9.59 Å². The standard InChI is InChI=1S/C17H27N3O2/c21-16(10-15(12-3-4-12)13-5-6-13)19-8-1-2-14(11-19)20-9-7-18-17(20)22/h12-15H,1-11H2,(H,18,22). The quantitative estimate of drug-likeness (QED) is 0.842. The Morgan fingerprint density at radius 2 is 1.86 bits per heavy atom. The van der Waals surface area contributed by atoms with Gasteiger partial charge in [0.1, 0.15) is 0 Å². The van der Waals surface area contributed by atoms with Crippen molar-refractivity contribution in [1.29, 1.82) is 0 Å². The predicted molar refractivity (Wildman–Crippen MR) is 83.3 cm³/mol. The Bertz CT molecular complexity index is 447. The number of nitrogens with zero attached hydrogens (tertiary/aromatic N) is 2. The lowest BCUT2D eigenvalue weighted by molar-refractivity contribution is -0.134. The lowest BCUT2D eigenvalue weighted by atomic mass is 9.93. The number of amides is 3. The molecular formula is C17H27N3O2. The van der Waals surface area contributed by atoms with Crippen LogP contribution in [-0.4, -0.2) is 54.0 Å². The molecule has 2 heterocycles. The minimum Gasteiger partial charge on any atom is -0.341 e. The van der Waals surface area contributed by atoms with Crippen LogP contribution in [0.2, 0.25) is 0 Å². The average molecular weight is 305 g/mol. The molecule has 2 aliphatic heterocycles. The normalized spacial score (nSPS) is 29.1. The number of hydrogen-bond donors (Lipinski definition) is 1. The second kappa shape index (κ2) is 5.74. The molecule has 0 spiro atoms. The minimum absolute atomic E-state index is 0.0492. The Morgan fingerprint density at radius 1 is 1.14 bits per heavy atom. The van der Waals surface area contributed by atoms with Gasteiger partial charge in [0.05, 0.1) is 6.04 Å². The van der Waals surface area contributed by atoms with Crippen LogP contribution in [0.5, 0.6) is 0 Å². The Balaban J connectivity index is 1.34. The first kappa shape index (κ1) is 14.3. The number of likely N-dealkylation sites (tertiary alicyclic amines) is 1. The summed E-state index contributed by atoms with van der Waals surface area (Å²) >= 11 is 0. The van der Waals surface area contributed by atoms with Crippen molar-refractivity contribution in [3.8, 4) is 0 Å². The highest BCUT2D eigenvalue weighted by Crippen LogP contribution is 2.50. The van der Waals surface area contributed by atoms with Crippen LogP contribution < -0.4 is 5.32 Å². The topological polar surface area (TPSA) is 52.7 Å². The molecule has 5 nitrogen and oxygen atoms in total. The number of carbonyl (C=O) groups excluding carboxylic acids is 2. The maximum Gasteiger partial charge on any atom is 0.317 e. The van der Waals surface area contributed by atoms with Gasteiger partial charge in [0.25, 0.3) is 0 Å². The van der Waals surface area contributed by atoms with E-state index in [0.29, 0.717) is 11.8 Å². The third kappa shape index (κ3) is 2.95. The first-order valence-corrected chi connectivity index (χ1v) is 9.04. The largest absolute Gasteiger partial charge is 0.341 e. The third-order valence-corrected chi connectivity index (χ3v) is 5.95. The Labute approximate surface area is 132 Å². The molecule has 0 bridgehead atoms. The van der Waals surface area contributed by atoms with E-state index in [-0.39, 0.29) is 12.1 Å². The molecule has 4 rings (SSSR count). The average Bonchev–Trinajstić information content (AvgIpc) is 3.44. The van der Waals surface area contributed by atoms with Crippen LogP contribution in [0, 0.1) is 17.8 Å². The Morgan fingerprint density at radius 3 is 2.45 bits per heavy atom. The molecule has 0 aromatic carbocycles. The van der Waals surface area contributed by atoms with Gasteiger partial charge in [0.15, 0.2) is 0 Å². The van der Waals surface area contributed by atoms with Gasteiger partial charge in [-0.2, -0.15) is 0 Å². The molecule has 22 heavy (non-hydrogen) atoms. The summed E-state index contributed by atoms with van der Waals surface area (Å²) in [6, 6.07) is 0.272. The molecule has 2 aliphatic carbocycles. The van der Waals surface area contributed by atoms with Crippen molar-refractivity contribution in [2.75, 3.05) is 26.2 Å². The molecule has 4 aliphatic rings. The molecule has 0 radical (unpaired) electrons. The Hall–Kier alpha value is -1.26. The second-order valence-electron chi connectivity index (χ2n) is 7.60. The molecule has 4 fully saturated rings. The van der Waals surface area contributed by atoms with Crippen LogP contribution >= 0.6 is 0 Å². The van der Waals surface area contributed by atoms with Gasteiger partial charge < -0.3 is 15.1 Å². The lowest BCUT2D eigenvalue weighted by Crippen LogP contribution is -2.51. The molecule has 0 aromatic heterocycles. The summed E-state index contributed by atoms with van der Waals surface area (Å²) in [5.41, 5.74) is 0. The highest BCUT2D eigenvalue weighted by Gasteiger charge is 2.43. The summed E-state index contributed by atoms with van der Waals surface area (Å²) in [4.78, 5) is 28.5. The van der Waals surface area contributed by atoms with Gasteiger partial charge in [-0.3, -0.25) is 4.79 Å². The zero-order valence-corrected chi connectivity index (χ0v) is 13.3. The number of carbonyl (C=O) groups is 2. The molecular weight excluding hydrogens is 278 g/mol. The fourth-order valence-corrected chi connectivity index (χ4v) is 4.37. The molecule has 1 atom stereocenters. The maximum atomic E-state index is 12.7. The smallest absolute Gasteiger partial charge is 0.317 e. The predicted octanol–water partition coefficient (Wildman–Crippen LogP) is 1.83. The fraction of sp³-hybridized carbons (Fsp3) is 0.882. The summed E-state index contributed by atoms with van der Waals surface area (Å²) in [6.07, 6.45) is 8.17. The second-order valence-corrected chi connectivity index (χ2v) is 7.60. The van der Waals surface area contributed by atoms with E-state index < -0.39 is 0 Å². The van der Waals surface area contributed by atoms with Gasteiger partial charge in [0.2, 0.25) is 5.91 Å². The summed E-state index contributed by atoms with van der Waals surface area (Å²) < 4.78 is 0. The SMILES string of the molecule is O=C(CC(C1CC1)C1CC1)N1CCCC(N2CCNC2=O)C1. The molecule has 2 saturated carbocycles. The van der Waals surface area contributed by atoms with Crippen molar-refractivity contribution >= 4 is 11.9 Å². The number of piperidine rings is 1. The molecule has 1 unspecified atom stereocenters. The van der Waals surface area contributed by atoms with Gasteiger partial charge in [-0.25, -0.2) is 4.79 Å². The van der Waals surface area contributed by atoms with E-state index in [4.69, 9.17) is 0 Å². The molecule has 5 heteroatoms. The zero-order chi connectivity index (χ0) is 15.1. The third-order valence-electron chi connectivity index (χ3n) is 5.95. The van der Waals surface area contributed by atoms with Gasteiger partial charge in [0, 0.05) is 32.6 Å². The zero-order valence-electron chi connectivity index (χ0n) is 13.3. The van der Waals surface area contributed by atoms with Crippen molar-refractivity contribution in [3.05, 3.63) is 0 Å². The van der Waals surface area contributed by atoms with Gasteiger partial charge in [-0.1, -0.05) is 0 Å². The number of hydrogen-bond acceptors (Lipinski definition) is 2. The van der Waals surface area contributed by atoms with Crippen molar-refractivity contribution in [1.82, 2.24) is 15.1 Å². The maximum absolute atomic E-state index is 12.7. The van der Waals surface area contributed by atoms with E-state index in [1.54, 1.807) is 0 Å². The van der Waals surface area contributed by atoms with Crippen molar-refractivity contribution < 1.29 is 9.59 Å². The molecule has 3 amide bonds. The summed E-state index contributed by atoms with van der Waals surface area (Å²) in [5, 5.41) is 2.87. The van der Waals surface area contributed by atoms with Crippen LogP contribution in [0.4, 0.5) is 4.79 Å². The molecule has 1 N–H and O–H groups in total. The first-order chi connectivity index (χ1) is 10.7. The Kier molecular flexibility index (Phi) is 3.74. The van der Waals surface area contributed by atoms with Crippen LogP contribution in [0.1, 0.15) is 44.9 Å². The monoisotopic (exact) mass is 305 g/mol. The van der Waals surface area contributed by atoms with E-state index in [1.165, 1.54) is 25.7 Å². The van der Waals surface area contributed by atoms with Gasteiger partial charge in [-0.15, -0.1) is 0 Å². The molecule has 0 aromatic rings. The van der Waals surface area contributed by atoms with Gasteiger partial charge >= 0.3 is 6.03 Å². The highest BCUT2D eigenvalue weighted by molar-refractivity contribution is 5.78. The highest BCUT2D eigenvalue weighted by atomic mass is 16.2. The van der Waals surface area contributed by atoms with Crippen LogP contribution in [-0.2, 0) is 4.79 Å². The minimum atomic E-state index is 0.0492. The van der Waals surface area contributed by atoms with E-state index in [2.05, 4.69) is 5.32 Å². The van der Waals surface area contributed by atoms with Crippen molar-refractivity contribution in [3.63, 3.8) is 0 Å². The van der Waals surface area contributed by atoms with Crippen molar-refractivity contribution in [2.45, 2.75) is 51.0 Å². The van der Waals surface area contributed by atoms with Crippen LogP contribution in [0.25, 0.3) is 0 Å². The summed E-state index contributed by atoms with van der Waals surface area (Å²) in [6.45, 7) is 3.16. The first-order valence-electron chi connectivity index (χ1n) is 9.04. The van der Waals surface area contributed by atoms with Crippen molar-refractivity contribution in [2.24, 2.45) is 17.8 Å². The summed E-state index contributed by atoms with van der Waals surface area (Å²) in [5.74, 6) is 2.67. The number of rotatable bonds is 5. The van der Waals surface area contributed by atoms with Crippen LogP contribution in [0.3, 0.4) is 0 Å². The molecule has 122 valence electrons. The number of urea groups is 1. The molecule has 2 saturated heterocycles. The van der Waals surface area contributed by atoms with Crippen LogP contribution in [0.15, 0.2) is 0 Å².